The van der Waals surface area contributed by atoms with E-state index in [2.05, 4.69) is 15.3 Å². The fourth-order valence-electron chi connectivity index (χ4n) is 2.84. The van der Waals surface area contributed by atoms with Crippen molar-refractivity contribution in [2.75, 3.05) is 5.32 Å². The number of hydrogen-bond donors (Lipinski definition) is 1. The monoisotopic (exact) mass is 373 g/mol. The first-order chi connectivity index (χ1) is 13.5. The lowest BCUT2D eigenvalue weighted by molar-refractivity contribution is -0.385. The first-order valence-corrected chi connectivity index (χ1v) is 8.48. The number of rotatable bonds is 4. The SMILES string of the molecule is Cc1ccc(C(=O)Nc2ccc(-c3cn4cccnc4n3)cc2)cc1[N+](=O)[O-]. The zero-order valence-corrected chi connectivity index (χ0v) is 14.9. The fraction of sp³-hybridized carbons (Fsp3) is 0.0500. The molecule has 1 amide bonds. The van der Waals surface area contributed by atoms with E-state index in [1.165, 1.54) is 6.07 Å². The number of anilines is 1. The number of imidazole rings is 1. The molecule has 2 aromatic heterocycles. The lowest BCUT2D eigenvalue weighted by Gasteiger charge is -2.07. The summed E-state index contributed by atoms with van der Waals surface area (Å²) in [6, 6.07) is 13.4. The first-order valence-electron chi connectivity index (χ1n) is 8.48. The highest BCUT2D eigenvalue weighted by Gasteiger charge is 2.15. The van der Waals surface area contributed by atoms with Gasteiger partial charge in [0.2, 0.25) is 5.78 Å². The van der Waals surface area contributed by atoms with E-state index in [-0.39, 0.29) is 11.3 Å². The van der Waals surface area contributed by atoms with Gasteiger partial charge < -0.3 is 5.32 Å². The molecule has 2 heterocycles. The average Bonchev–Trinajstić information content (AvgIpc) is 3.13. The highest BCUT2D eigenvalue weighted by molar-refractivity contribution is 6.04. The van der Waals surface area contributed by atoms with Crippen molar-refractivity contribution >= 4 is 23.1 Å². The standard InChI is InChI=1S/C20H15N5O3/c1-13-3-4-15(11-18(13)25(27)28)19(26)22-16-7-5-14(6-8-16)17-12-24-10-2-9-21-20(24)23-17/h2-12H,1H3,(H,22,26). The van der Waals surface area contributed by atoms with Crippen LogP contribution in [0, 0.1) is 17.0 Å². The first kappa shape index (κ1) is 17.3. The van der Waals surface area contributed by atoms with E-state index in [1.54, 1.807) is 37.4 Å². The van der Waals surface area contributed by atoms with E-state index in [4.69, 9.17) is 0 Å². The number of nitrogens with zero attached hydrogens (tertiary/aromatic N) is 4. The van der Waals surface area contributed by atoms with Crippen molar-refractivity contribution in [2.45, 2.75) is 6.92 Å². The maximum atomic E-state index is 12.4. The molecule has 0 bridgehead atoms. The Balaban J connectivity index is 1.54. The number of carbonyl (C=O) groups is 1. The number of benzene rings is 2. The summed E-state index contributed by atoms with van der Waals surface area (Å²) in [4.78, 5) is 31.6. The van der Waals surface area contributed by atoms with E-state index in [0.717, 1.165) is 11.3 Å². The van der Waals surface area contributed by atoms with Crippen LogP contribution in [0.3, 0.4) is 0 Å². The van der Waals surface area contributed by atoms with Crippen molar-refractivity contribution in [1.82, 2.24) is 14.4 Å². The van der Waals surface area contributed by atoms with Gasteiger partial charge in [0.1, 0.15) is 0 Å². The molecule has 0 fully saturated rings. The maximum absolute atomic E-state index is 12.4. The molecule has 0 unspecified atom stereocenters. The van der Waals surface area contributed by atoms with E-state index in [9.17, 15) is 14.9 Å². The molecular weight excluding hydrogens is 358 g/mol. The Bertz CT molecular complexity index is 1170. The van der Waals surface area contributed by atoms with Crippen LogP contribution in [0.1, 0.15) is 15.9 Å². The topological polar surface area (TPSA) is 102 Å². The van der Waals surface area contributed by atoms with Gasteiger partial charge >= 0.3 is 0 Å². The highest BCUT2D eigenvalue weighted by atomic mass is 16.6. The number of aromatic nitrogens is 3. The Hall–Kier alpha value is -4.07. The number of nitro benzene ring substituents is 1. The van der Waals surface area contributed by atoms with Crippen LogP contribution in [0.15, 0.2) is 67.1 Å². The molecule has 4 aromatic rings. The summed E-state index contributed by atoms with van der Waals surface area (Å²) in [5.41, 5.74) is 2.89. The van der Waals surface area contributed by atoms with Gasteiger partial charge in [0.15, 0.2) is 0 Å². The van der Waals surface area contributed by atoms with Crippen LogP contribution in [0.2, 0.25) is 0 Å². The van der Waals surface area contributed by atoms with Crippen LogP contribution < -0.4 is 5.32 Å². The number of hydrogen-bond acceptors (Lipinski definition) is 5. The largest absolute Gasteiger partial charge is 0.322 e. The quantitative estimate of drug-likeness (QED) is 0.432. The Morgan fingerprint density at radius 3 is 2.68 bits per heavy atom. The minimum atomic E-state index is -0.495. The maximum Gasteiger partial charge on any atom is 0.273 e. The van der Waals surface area contributed by atoms with Gasteiger partial charge in [0.25, 0.3) is 11.6 Å². The molecule has 0 saturated heterocycles. The minimum absolute atomic E-state index is 0.0801. The summed E-state index contributed by atoms with van der Waals surface area (Å²) in [5.74, 6) is 0.198. The normalized spacial score (nSPS) is 10.8. The van der Waals surface area contributed by atoms with Crippen LogP contribution in [0.25, 0.3) is 17.0 Å². The molecule has 8 heteroatoms. The van der Waals surface area contributed by atoms with Crippen LogP contribution >= 0.6 is 0 Å². The van der Waals surface area contributed by atoms with Crippen molar-refractivity contribution < 1.29 is 9.72 Å². The predicted molar refractivity (Wildman–Crippen MR) is 104 cm³/mol. The molecule has 8 nitrogen and oxygen atoms in total. The molecule has 0 saturated carbocycles. The van der Waals surface area contributed by atoms with Gasteiger partial charge in [-0.1, -0.05) is 18.2 Å². The van der Waals surface area contributed by atoms with Gasteiger partial charge in [-0.25, -0.2) is 9.97 Å². The van der Waals surface area contributed by atoms with E-state index in [0.29, 0.717) is 17.0 Å². The average molecular weight is 373 g/mol. The molecule has 0 radical (unpaired) electrons. The van der Waals surface area contributed by atoms with Crippen LogP contribution in [0.4, 0.5) is 11.4 Å². The second kappa shape index (κ2) is 6.92. The number of carbonyl (C=O) groups excluding carboxylic acids is 1. The Morgan fingerprint density at radius 2 is 1.96 bits per heavy atom. The van der Waals surface area contributed by atoms with Gasteiger partial charge in [0, 0.05) is 47.0 Å². The summed E-state index contributed by atoms with van der Waals surface area (Å²) < 4.78 is 1.83. The zero-order chi connectivity index (χ0) is 19.7. The van der Waals surface area contributed by atoms with Gasteiger partial charge in [0.05, 0.1) is 10.6 Å². The van der Waals surface area contributed by atoms with E-state index in [1.807, 2.05) is 35.0 Å². The summed E-state index contributed by atoms with van der Waals surface area (Å²) >= 11 is 0. The Labute approximate surface area is 159 Å². The van der Waals surface area contributed by atoms with Crippen molar-refractivity contribution in [3.05, 3.63) is 88.4 Å². The molecule has 0 aliphatic rings. The molecule has 1 N–H and O–H groups in total. The lowest BCUT2D eigenvalue weighted by atomic mass is 10.1. The predicted octanol–water partition coefficient (Wildman–Crippen LogP) is 3.87. The van der Waals surface area contributed by atoms with Gasteiger partial charge in [-0.3, -0.25) is 19.3 Å². The second-order valence-corrected chi connectivity index (χ2v) is 6.24. The van der Waals surface area contributed by atoms with Crippen LogP contribution in [-0.2, 0) is 0 Å². The van der Waals surface area contributed by atoms with E-state index < -0.39 is 10.8 Å². The van der Waals surface area contributed by atoms with Crippen LogP contribution in [0.5, 0.6) is 0 Å². The Morgan fingerprint density at radius 1 is 1.18 bits per heavy atom. The van der Waals surface area contributed by atoms with Crippen molar-refractivity contribution in [1.29, 1.82) is 0 Å². The third-order valence-electron chi connectivity index (χ3n) is 4.34. The summed E-state index contributed by atoms with van der Waals surface area (Å²) in [5, 5.41) is 13.8. The smallest absolute Gasteiger partial charge is 0.273 e. The summed E-state index contributed by atoms with van der Waals surface area (Å²) in [7, 11) is 0. The molecule has 4 rings (SSSR count). The molecule has 28 heavy (non-hydrogen) atoms. The Kier molecular flexibility index (Phi) is 4.29. The number of aryl methyl sites for hydroxylation is 1. The number of amides is 1. The van der Waals surface area contributed by atoms with E-state index >= 15 is 0 Å². The number of nitrogens with one attached hydrogen (secondary N) is 1. The van der Waals surface area contributed by atoms with Gasteiger partial charge in [-0.2, -0.15) is 0 Å². The second-order valence-electron chi connectivity index (χ2n) is 6.24. The summed E-state index contributed by atoms with van der Waals surface area (Å²) in [6.45, 7) is 1.63. The molecule has 0 spiro atoms. The third kappa shape index (κ3) is 3.30. The van der Waals surface area contributed by atoms with Crippen LogP contribution in [-0.4, -0.2) is 25.2 Å². The third-order valence-corrected chi connectivity index (χ3v) is 4.34. The lowest BCUT2D eigenvalue weighted by Crippen LogP contribution is -2.12. The molecular formula is C20H15N5O3. The van der Waals surface area contributed by atoms with Crippen molar-refractivity contribution in [3.63, 3.8) is 0 Å². The minimum Gasteiger partial charge on any atom is -0.322 e. The number of nitro groups is 1. The zero-order valence-electron chi connectivity index (χ0n) is 14.9. The molecule has 0 atom stereocenters. The molecule has 0 aliphatic carbocycles. The van der Waals surface area contributed by atoms with Crippen molar-refractivity contribution in [2.24, 2.45) is 0 Å². The highest BCUT2D eigenvalue weighted by Crippen LogP contribution is 2.23. The van der Waals surface area contributed by atoms with Crippen molar-refractivity contribution in [3.8, 4) is 11.3 Å². The fourth-order valence-corrected chi connectivity index (χ4v) is 2.84. The molecule has 138 valence electrons. The molecule has 0 aliphatic heterocycles. The summed E-state index contributed by atoms with van der Waals surface area (Å²) in [6.07, 6.45) is 5.43. The number of fused-ring (bicyclic) bond motifs is 1. The van der Waals surface area contributed by atoms with Gasteiger partial charge in [-0.15, -0.1) is 0 Å². The van der Waals surface area contributed by atoms with Gasteiger partial charge in [-0.05, 0) is 31.2 Å². The molecule has 2 aromatic carbocycles.